The number of nitrogens with zero attached hydrogens (tertiary/aromatic N) is 5. The van der Waals surface area contributed by atoms with Gasteiger partial charge in [0.1, 0.15) is 6.26 Å². The van der Waals surface area contributed by atoms with E-state index in [1.165, 1.54) is 18.4 Å². The lowest BCUT2D eigenvalue weighted by molar-refractivity contribution is 0.0974. The van der Waals surface area contributed by atoms with Crippen LogP contribution in [0.3, 0.4) is 0 Å². The zero-order valence-electron chi connectivity index (χ0n) is 20.1. The van der Waals surface area contributed by atoms with E-state index in [2.05, 4.69) is 70.1 Å². The molecule has 2 aliphatic rings. The number of carbonyl (C=O) groups excluding carboxylic acids is 1. The lowest BCUT2D eigenvalue weighted by Gasteiger charge is -2.42. The monoisotopic (exact) mass is 471 g/mol. The van der Waals surface area contributed by atoms with Crippen molar-refractivity contribution in [1.82, 2.24) is 19.3 Å². The van der Waals surface area contributed by atoms with Gasteiger partial charge in [-0.1, -0.05) is 0 Å². The maximum Gasteiger partial charge on any atom is 0.284 e. The summed E-state index contributed by atoms with van der Waals surface area (Å²) < 4.78 is 7.17. The molecule has 3 N–H and O–H groups in total. The van der Waals surface area contributed by atoms with E-state index in [1.54, 1.807) is 18.5 Å². The zero-order valence-corrected chi connectivity index (χ0v) is 20.1. The number of imidazole rings is 1. The highest BCUT2D eigenvalue weighted by Gasteiger charge is 2.46. The van der Waals surface area contributed by atoms with Gasteiger partial charge in [0.15, 0.2) is 17.2 Å². The number of carbonyl (C=O) groups is 1. The quantitative estimate of drug-likeness (QED) is 0.455. The third kappa shape index (κ3) is 3.72. The van der Waals surface area contributed by atoms with Crippen molar-refractivity contribution in [3.63, 3.8) is 0 Å². The first-order valence-electron chi connectivity index (χ1n) is 11.9. The fourth-order valence-electron chi connectivity index (χ4n) is 5.50. The van der Waals surface area contributed by atoms with Crippen molar-refractivity contribution < 1.29 is 9.21 Å². The number of anilines is 3. The molecular weight excluding hydrogens is 442 g/mol. The number of piperazine rings is 1. The van der Waals surface area contributed by atoms with Crippen LogP contribution >= 0.6 is 0 Å². The number of amides is 1. The summed E-state index contributed by atoms with van der Waals surface area (Å²) in [6, 6.07) is 11.4. The summed E-state index contributed by atoms with van der Waals surface area (Å²) in [7, 11) is 0. The van der Waals surface area contributed by atoms with Crippen molar-refractivity contribution in [3.05, 3.63) is 60.9 Å². The predicted octanol–water partition coefficient (Wildman–Crippen LogP) is 3.89. The van der Waals surface area contributed by atoms with Crippen molar-refractivity contribution in [2.45, 2.75) is 44.8 Å². The lowest BCUT2D eigenvalue weighted by Crippen LogP contribution is -2.53. The molecule has 2 fully saturated rings. The Morgan fingerprint density at radius 3 is 2.60 bits per heavy atom. The molecule has 0 spiro atoms. The summed E-state index contributed by atoms with van der Waals surface area (Å²) >= 11 is 0. The number of benzene rings is 1. The number of hydrogen-bond donors (Lipinski definition) is 2. The van der Waals surface area contributed by atoms with Gasteiger partial charge in [0.05, 0.1) is 11.9 Å². The number of likely N-dealkylation sites (tertiary alicyclic amines) is 1. The van der Waals surface area contributed by atoms with Crippen LogP contribution in [0.15, 0.2) is 59.6 Å². The first-order valence-corrected chi connectivity index (χ1v) is 11.9. The summed E-state index contributed by atoms with van der Waals surface area (Å²) in [6.07, 6.45) is 8.02. The fourth-order valence-corrected chi connectivity index (χ4v) is 5.50. The average molecular weight is 472 g/mol. The third-order valence-electron chi connectivity index (χ3n) is 7.13. The van der Waals surface area contributed by atoms with Gasteiger partial charge in [-0.2, -0.15) is 0 Å². The molecule has 9 heteroatoms. The normalized spacial score (nSPS) is 20.1. The molecule has 0 radical (unpaired) electrons. The van der Waals surface area contributed by atoms with E-state index in [4.69, 9.17) is 10.2 Å². The molecule has 1 aromatic carbocycles. The van der Waals surface area contributed by atoms with Gasteiger partial charge in [0.25, 0.3) is 5.91 Å². The Kier molecular flexibility index (Phi) is 4.86. The van der Waals surface area contributed by atoms with E-state index < -0.39 is 5.91 Å². The van der Waals surface area contributed by atoms with Crippen molar-refractivity contribution in [1.29, 1.82) is 0 Å². The molecule has 3 aromatic heterocycles. The Hall–Kier alpha value is -3.85. The maximum absolute atomic E-state index is 11.4. The zero-order chi connectivity index (χ0) is 24.3. The lowest BCUT2D eigenvalue weighted by atomic mass is 10.0. The van der Waals surface area contributed by atoms with Gasteiger partial charge in [-0.25, -0.2) is 9.97 Å². The van der Waals surface area contributed by atoms with Crippen LogP contribution in [0.5, 0.6) is 0 Å². The topological polar surface area (TPSA) is 105 Å². The van der Waals surface area contributed by atoms with E-state index in [0.29, 0.717) is 29.1 Å². The van der Waals surface area contributed by atoms with Crippen LogP contribution in [0, 0.1) is 0 Å². The van der Waals surface area contributed by atoms with Crippen LogP contribution < -0.4 is 16.0 Å². The predicted molar refractivity (Wildman–Crippen MR) is 135 cm³/mol. The number of primary amides is 1. The van der Waals surface area contributed by atoms with E-state index in [1.807, 2.05) is 10.6 Å². The minimum absolute atomic E-state index is 0.105. The van der Waals surface area contributed by atoms with Gasteiger partial charge < -0.3 is 20.4 Å². The number of fused-ring (bicyclic) bond motifs is 3. The molecule has 5 heterocycles. The summed E-state index contributed by atoms with van der Waals surface area (Å²) in [6.45, 7) is 9.13. The second kappa shape index (κ2) is 7.84. The second-order valence-electron chi connectivity index (χ2n) is 10.4. The Labute approximate surface area is 203 Å². The van der Waals surface area contributed by atoms with Crippen LogP contribution in [0.25, 0.3) is 16.9 Å². The molecule has 0 saturated carbocycles. The molecule has 2 atom stereocenters. The molecule has 6 rings (SSSR count). The number of rotatable bonds is 5. The van der Waals surface area contributed by atoms with Gasteiger partial charge in [-0.3, -0.25) is 14.1 Å². The van der Waals surface area contributed by atoms with E-state index in [9.17, 15) is 4.79 Å². The Balaban J connectivity index is 1.20. The first-order chi connectivity index (χ1) is 16.8. The number of nitrogens with one attached hydrogen (secondary N) is 1. The number of hydrogen-bond acceptors (Lipinski definition) is 7. The van der Waals surface area contributed by atoms with E-state index >= 15 is 0 Å². The van der Waals surface area contributed by atoms with Crippen LogP contribution in [0.1, 0.15) is 37.7 Å². The standard InChI is InChI=1S/C26H29N7O2/c1-26(2,3)33-14-19-11-20(33)13-32(19)18-6-4-17(5-7-18)30-24-25-28-8-9-31(25)21(12-29-24)16-10-22(23(27)34)35-15-16/h4-10,12,15,19-20H,11,13-14H2,1-3H3,(H2,27,34)(H,29,30)/t19-,20-/m1/s1. The number of furan rings is 1. The molecule has 35 heavy (non-hydrogen) atoms. The number of nitrogens with two attached hydrogens (primary N) is 1. The molecule has 2 aliphatic heterocycles. The Morgan fingerprint density at radius 1 is 1.14 bits per heavy atom. The van der Waals surface area contributed by atoms with E-state index in [-0.39, 0.29) is 11.3 Å². The summed E-state index contributed by atoms with van der Waals surface area (Å²) in [5.74, 6) is 0.139. The SMILES string of the molecule is CC(C)(C)N1C[C@H]2C[C@@H]1CN2c1ccc(Nc2ncc(-c3coc(C(N)=O)c3)n3ccnc23)cc1. The molecule has 2 bridgehead atoms. The minimum Gasteiger partial charge on any atom is -0.458 e. The molecule has 2 saturated heterocycles. The average Bonchev–Trinajstić information content (AvgIpc) is 3.62. The summed E-state index contributed by atoms with van der Waals surface area (Å²) in [5, 5.41) is 3.40. The second-order valence-corrected chi connectivity index (χ2v) is 10.4. The highest BCUT2D eigenvalue weighted by Crippen LogP contribution is 2.38. The smallest absolute Gasteiger partial charge is 0.284 e. The highest BCUT2D eigenvalue weighted by atomic mass is 16.3. The molecule has 0 aliphatic carbocycles. The first kappa shape index (κ1) is 21.7. The molecule has 9 nitrogen and oxygen atoms in total. The molecule has 180 valence electrons. The van der Waals surface area contributed by atoms with E-state index in [0.717, 1.165) is 24.5 Å². The van der Waals surface area contributed by atoms with Crippen molar-refractivity contribution in [3.8, 4) is 11.3 Å². The van der Waals surface area contributed by atoms with Gasteiger partial charge in [0, 0.05) is 60.0 Å². The van der Waals surface area contributed by atoms with Crippen LogP contribution in [0.2, 0.25) is 0 Å². The fraction of sp³-hybridized carbons (Fsp3) is 0.346. The van der Waals surface area contributed by atoms with Crippen LogP contribution in [-0.2, 0) is 0 Å². The Morgan fingerprint density at radius 2 is 1.94 bits per heavy atom. The molecule has 4 aromatic rings. The number of aromatic nitrogens is 3. The van der Waals surface area contributed by atoms with Crippen molar-refractivity contribution in [2.75, 3.05) is 23.3 Å². The van der Waals surface area contributed by atoms with Gasteiger partial charge in [-0.15, -0.1) is 0 Å². The van der Waals surface area contributed by atoms with Gasteiger partial charge >= 0.3 is 0 Å². The summed E-state index contributed by atoms with van der Waals surface area (Å²) in [5.41, 5.74) is 9.87. The maximum atomic E-state index is 11.4. The van der Waals surface area contributed by atoms with Crippen molar-refractivity contribution >= 4 is 28.7 Å². The highest BCUT2D eigenvalue weighted by molar-refractivity contribution is 5.91. The largest absolute Gasteiger partial charge is 0.458 e. The van der Waals surface area contributed by atoms with Gasteiger partial charge in [-0.05, 0) is 57.5 Å². The minimum atomic E-state index is -0.610. The molecule has 1 amide bonds. The van der Waals surface area contributed by atoms with Crippen molar-refractivity contribution in [2.24, 2.45) is 5.73 Å². The van der Waals surface area contributed by atoms with Crippen LogP contribution in [0.4, 0.5) is 17.2 Å². The van der Waals surface area contributed by atoms with Crippen LogP contribution in [-0.4, -0.2) is 55.9 Å². The third-order valence-corrected chi connectivity index (χ3v) is 7.13. The molecule has 0 unspecified atom stereocenters. The molecular formula is C26H29N7O2. The Bertz CT molecular complexity index is 1400. The summed E-state index contributed by atoms with van der Waals surface area (Å²) in [4.78, 5) is 25.7. The van der Waals surface area contributed by atoms with Gasteiger partial charge in [0.2, 0.25) is 0 Å².